The fourth-order valence-corrected chi connectivity index (χ4v) is 4.24. The van der Waals surface area contributed by atoms with Crippen LogP contribution in [0.25, 0.3) is 10.3 Å². The molecule has 3 N–H and O–H groups in total. The Morgan fingerprint density at radius 2 is 2.19 bits per heavy atom. The highest BCUT2D eigenvalue weighted by Crippen LogP contribution is 2.33. The number of pyridine rings is 1. The summed E-state index contributed by atoms with van der Waals surface area (Å²) in [6.45, 7) is 0.592. The van der Waals surface area contributed by atoms with E-state index in [9.17, 15) is 14.7 Å². The first-order chi connectivity index (χ1) is 12.6. The Labute approximate surface area is 155 Å². The number of carbonyl (C=O) groups excluding carboxylic acids is 1. The predicted molar refractivity (Wildman–Crippen MR) is 97.0 cm³/mol. The molecule has 3 aromatic rings. The van der Waals surface area contributed by atoms with Crippen molar-refractivity contribution in [3.63, 3.8) is 0 Å². The standard InChI is InChI=1S/C16H13N3O5S2/c20-9-4-12(21)18-15-14(9)26-16(19-15)25-6-13(22)17-5-8-1-2-10-11(3-8)24-7-23-10/h1-4H,5-7H2,(H,17,22)(H2,18,20,21). The first-order valence-corrected chi connectivity index (χ1v) is 9.39. The molecule has 0 atom stereocenters. The smallest absolute Gasteiger partial charge is 0.253 e. The van der Waals surface area contributed by atoms with Crippen molar-refractivity contribution < 1.29 is 19.4 Å². The Kier molecular flexibility index (Phi) is 4.43. The van der Waals surface area contributed by atoms with Gasteiger partial charge in [0.25, 0.3) is 5.56 Å². The molecule has 3 heterocycles. The van der Waals surface area contributed by atoms with Crippen molar-refractivity contribution in [1.29, 1.82) is 0 Å². The zero-order chi connectivity index (χ0) is 18.1. The number of hydrogen-bond acceptors (Lipinski definition) is 8. The number of amides is 1. The van der Waals surface area contributed by atoms with Gasteiger partial charge in [-0.3, -0.25) is 9.59 Å². The van der Waals surface area contributed by atoms with E-state index in [-0.39, 0.29) is 24.2 Å². The Morgan fingerprint density at radius 3 is 3.08 bits per heavy atom. The summed E-state index contributed by atoms with van der Waals surface area (Å²) in [6, 6.07) is 6.62. The van der Waals surface area contributed by atoms with Crippen molar-refractivity contribution in [3.8, 4) is 17.2 Å². The van der Waals surface area contributed by atoms with E-state index in [1.165, 1.54) is 23.1 Å². The van der Waals surface area contributed by atoms with Crippen LogP contribution in [0.4, 0.5) is 0 Å². The molecule has 1 aliphatic heterocycles. The second-order valence-corrected chi connectivity index (χ2v) is 7.65. The molecule has 4 rings (SSSR count). The number of benzene rings is 1. The minimum Gasteiger partial charge on any atom is -0.506 e. The van der Waals surface area contributed by atoms with Crippen LogP contribution in [0.1, 0.15) is 5.56 Å². The largest absolute Gasteiger partial charge is 0.506 e. The number of thioether (sulfide) groups is 1. The molecule has 1 aliphatic rings. The summed E-state index contributed by atoms with van der Waals surface area (Å²) in [4.78, 5) is 30.1. The Balaban J connectivity index is 1.34. The summed E-state index contributed by atoms with van der Waals surface area (Å²) in [5, 5.41) is 12.6. The lowest BCUT2D eigenvalue weighted by molar-refractivity contribution is -0.118. The third kappa shape index (κ3) is 3.46. The van der Waals surface area contributed by atoms with Crippen LogP contribution in [0.3, 0.4) is 0 Å². The predicted octanol–water partition coefficient (Wildman–Crippen LogP) is 1.83. The normalized spacial score (nSPS) is 12.5. The molecule has 0 spiro atoms. The molecule has 1 aromatic carbocycles. The third-order valence-corrected chi connectivity index (χ3v) is 5.82. The van der Waals surface area contributed by atoms with E-state index in [0.717, 1.165) is 11.6 Å². The molecule has 0 saturated carbocycles. The topological polar surface area (TPSA) is 114 Å². The van der Waals surface area contributed by atoms with E-state index < -0.39 is 5.56 Å². The van der Waals surface area contributed by atoms with Gasteiger partial charge in [0, 0.05) is 12.6 Å². The number of aromatic nitrogens is 2. The number of aromatic amines is 1. The van der Waals surface area contributed by atoms with Crippen molar-refractivity contribution in [2.24, 2.45) is 0 Å². The summed E-state index contributed by atoms with van der Waals surface area (Å²) in [6.07, 6.45) is 0. The highest BCUT2D eigenvalue weighted by molar-refractivity contribution is 8.01. The molecule has 0 saturated heterocycles. The summed E-state index contributed by atoms with van der Waals surface area (Å²) < 4.78 is 11.6. The second kappa shape index (κ2) is 6.89. The van der Waals surface area contributed by atoms with Gasteiger partial charge in [-0.1, -0.05) is 17.8 Å². The highest BCUT2D eigenvalue weighted by Gasteiger charge is 2.14. The molecule has 0 unspecified atom stereocenters. The van der Waals surface area contributed by atoms with Gasteiger partial charge in [0.2, 0.25) is 12.7 Å². The molecule has 2 aromatic heterocycles. The van der Waals surface area contributed by atoms with Gasteiger partial charge in [-0.15, -0.1) is 11.3 Å². The van der Waals surface area contributed by atoms with Gasteiger partial charge in [-0.2, -0.15) is 0 Å². The van der Waals surface area contributed by atoms with Gasteiger partial charge in [0.1, 0.15) is 10.4 Å². The zero-order valence-electron chi connectivity index (χ0n) is 13.3. The van der Waals surface area contributed by atoms with Crippen LogP contribution in [0.2, 0.25) is 0 Å². The first kappa shape index (κ1) is 16.7. The van der Waals surface area contributed by atoms with Crippen LogP contribution < -0.4 is 20.3 Å². The molecule has 0 aliphatic carbocycles. The van der Waals surface area contributed by atoms with Gasteiger partial charge >= 0.3 is 0 Å². The fourth-order valence-electron chi connectivity index (χ4n) is 2.39. The number of ether oxygens (including phenoxy) is 2. The summed E-state index contributed by atoms with van der Waals surface area (Å²) >= 11 is 2.47. The molecule has 0 radical (unpaired) electrons. The minimum absolute atomic E-state index is 0.111. The van der Waals surface area contributed by atoms with Crippen LogP contribution in [-0.4, -0.2) is 33.5 Å². The fraction of sp³-hybridized carbons (Fsp3) is 0.188. The quantitative estimate of drug-likeness (QED) is 0.569. The van der Waals surface area contributed by atoms with Gasteiger partial charge in [0.15, 0.2) is 21.5 Å². The van der Waals surface area contributed by atoms with Crippen LogP contribution in [0.15, 0.2) is 33.4 Å². The lowest BCUT2D eigenvalue weighted by Gasteiger charge is -2.05. The molecule has 0 fully saturated rings. The molecule has 1 amide bonds. The number of fused-ring (bicyclic) bond motifs is 2. The summed E-state index contributed by atoms with van der Waals surface area (Å²) in [7, 11) is 0. The van der Waals surface area contributed by atoms with Crippen LogP contribution in [0.5, 0.6) is 17.2 Å². The first-order valence-electron chi connectivity index (χ1n) is 7.59. The molecule has 10 heteroatoms. The number of H-pyrrole nitrogens is 1. The summed E-state index contributed by atoms with van der Waals surface area (Å²) in [5.74, 6) is 1.29. The van der Waals surface area contributed by atoms with E-state index in [0.29, 0.717) is 32.7 Å². The van der Waals surface area contributed by atoms with Gasteiger partial charge in [-0.05, 0) is 17.7 Å². The molecule has 0 bridgehead atoms. The van der Waals surface area contributed by atoms with E-state index >= 15 is 0 Å². The Bertz CT molecular complexity index is 1050. The molecule has 134 valence electrons. The highest BCUT2D eigenvalue weighted by atomic mass is 32.2. The minimum atomic E-state index is -0.418. The maximum Gasteiger partial charge on any atom is 0.253 e. The lowest BCUT2D eigenvalue weighted by Crippen LogP contribution is -2.24. The van der Waals surface area contributed by atoms with Crippen LogP contribution in [-0.2, 0) is 11.3 Å². The van der Waals surface area contributed by atoms with Crippen molar-refractivity contribution >= 4 is 39.4 Å². The van der Waals surface area contributed by atoms with Gasteiger partial charge in [0.05, 0.1) is 5.75 Å². The SMILES string of the molecule is O=C(CSc1nc2[nH]c(=O)cc(O)c2s1)NCc1ccc2c(c1)OCO2. The number of nitrogens with one attached hydrogen (secondary N) is 2. The Hall–Kier alpha value is -2.72. The number of aromatic hydroxyl groups is 1. The molecular formula is C16H13N3O5S2. The van der Waals surface area contributed by atoms with Crippen molar-refractivity contribution in [3.05, 3.63) is 40.2 Å². The van der Waals surface area contributed by atoms with Gasteiger partial charge in [-0.25, -0.2) is 4.98 Å². The van der Waals surface area contributed by atoms with E-state index in [1.807, 2.05) is 18.2 Å². The third-order valence-electron chi connectivity index (χ3n) is 3.60. The Morgan fingerprint density at radius 1 is 1.35 bits per heavy atom. The second-order valence-electron chi connectivity index (χ2n) is 5.43. The molecular weight excluding hydrogens is 378 g/mol. The number of nitrogens with zero attached hydrogens (tertiary/aromatic N) is 1. The van der Waals surface area contributed by atoms with Crippen molar-refractivity contribution in [2.45, 2.75) is 10.9 Å². The van der Waals surface area contributed by atoms with Crippen LogP contribution in [0, 0.1) is 0 Å². The number of thiazole rings is 1. The van der Waals surface area contributed by atoms with Crippen LogP contribution >= 0.6 is 23.1 Å². The van der Waals surface area contributed by atoms with Crippen molar-refractivity contribution in [1.82, 2.24) is 15.3 Å². The van der Waals surface area contributed by atoms with E-state index in [1.54, 1.807) is 0 Å². The molecule has 26 heavy (non-hydrogen) atoms. The maximum absolute atomic E-state index is 12.0. The monoisotopic (exact) mass is 391 g/mol. The van der Waals surface area contributed by atoms with E-state index in [2.05, 4.69) is 15.3 Å². The lowest BCUT2D eigenvalue weighted by atomic mass is 10.2. The maximum atomic E-state index is 12.0. The average molecular weight is 391 g/mol. The number of carbonyl (C=O) groups is 1. The van der Waals surface area contributed by atoms with E-state index in [4.69, 9.17) is 9.47 Å². The van der Waals surface area contributed by atoms with Gasteiger partial charge < -0.3 is 24.9 Å². The van der Waals surface area contributed by atoms with Crippen molar-refractivity contribution in [2.75, 3.05) is 12.5 Å². The molecule has 8 nitrogen and oxygen atoms in total. The zero-order valence-corrected chi connectivity index (χ0v) is 14.9. The average Bonchev–Trinajstić information content (AvgIpc) is 3.24. The number of hydrogen-bond donors (Lipinski definition) is 3. The summed E-state index contributed by atoms with van der Waals surface area (Å²) in [5.41, 5.74) is 0.816. The number of rotatable bonds is 5.